The van der Waals surface area contributed by atoms with Crippen molar-refractivity contribution in [2.45, 2.75) is 78.1 Å². The predicted octanol–water partition coefficient (Wildman–Crippen LogP) is 11.4. The van der Waals surface area contributed by atoms with Gasteiger partial charge in [0.05, 0.1) is 0 Å². The summed E-state index contributed by atoms with van der Waals surface area (Å²) in [6.45, 7) is 4.87. The van der Waals surface area contributed by atoms with Gasteiger partial charge < -0.3 is 0 Å². The van der Waals surface area contributed by atoms with Crippen LogP contribution in [0.4, 0.5) is 0 Å². The van der Waals surface area contributed by atoms with Crippen LogP contribution >= 0.6 is 0 Å². The van der Waals surface area contributed by atoms with Gasteiger partial charge in [0, 0.05) is 0 Å². The van der Waals surface area contributed by atoms with E-state index in [4.69, 9.17) is 0 Å². The van der Waals surface area contributed by atoms with Gasteiger partial charge in [0.2, 0.25) is 0 Å². The van der Waals surface area contributed by atoms with Crippen molar-refractivity contribution in [3.63, 3.8) is 0 Å². The maximum Gasteiger partial charge on any atom is -0.00874 e. The van der Waals surface area contributed by atoms with Crippen molar-refractivity contribution in [1.82, 2.24) is 0 Å². The highest BCUT2D eigenvalue weighted by molar-refractivity contribution is 5.72. The molecule has 0 heteroatoms. The van der Waals surface area contributed by atoms with Gasteiger partial charge in [-0.1, -0.05) is 149 Å². The summed E-state index contributed by atoms with van der Waals surface area (Å²) in [5.74, 6) is 8.04. The second kappa shape index (κ2) is 12.6. The minimum atomic E-state index is 0.700. The summed E-state index contributed by atoms with van der Waals surface area (Å²) in [7, 11) is 0. The summed E-state index contributed by atoms with van der Waals surface area (Å²) in [5.41, 5.74) is 6.16. The molecule has 220 valence electrons. The molecule has 5 aliphatic rings. The van der Waals surface area contributed by atoms with E-state index in [2.05, 4.69) is 111 Å². The van der Waals surface area contributed by atoms with Crippen LogP contribution in [0.5, 0.6) is 0 Å². The first-order chi connectivity index (χ1) is 20.8. The molecule has 0 spiro atoms. The second-order valence-corrected chi connectivity index (χ2v) is 14.4. The quantitative estimate of drug-likeness (QED) is 0.303. The summed E-state index contributed by atoms with van der Waals surface area (Å²) in [6.07, 6.45) is 29.2. The Morgan fingerprint density at radius 3 is 1.40 bits per heavy atom. The fourth-order valence-corrected chi connectivity index (χ4v) is 11.1. The van der Waals surface area contributed by atoms with E-state index in [0.29, 0.717) is 11.8 Å². The number of allylic oxidation sites excluding steroid dienone is 8. The average Bonchev–Trinajstić information content (AvgIpc) is 3.60. The van der Waals surface area contributed by atoms with E-state index in [1.54, 1.807) is 11.1 Å². The first-order valence-electron chi connectivity index (χ1n) is 17.7. The van der Waals surface area contributed by atoms with Crippen LogP contribution in [-0.2, 0) is 0 Å². The van der Waals surface area contributed by atoms with E-state index in [0.717, 1.165) is 47.3 Å². The second-order valence-electron chi connectivity index (χ2n) is 14.4. The zero-order valence-electron chi connectivity index (χ0n) is 26.1. The highest BCUT2D eigenvalue weighted by Crippen LogP contribution is 2.62. The van der Waals surface area contributed by atoms with E-state index in [9.17, 15) is 0 Å². The van der Waals surface area contributed by atoms with E-state index in [1.165, 1.54) is 75.3 Å². The monoisotopic (exact) mass is 556 g/mol. The first kappa shape index (κ1) is 28.2. The van der Waals surface area contributed by atoms with Crippen molar-refractivity contribution in [2.75, 3.05) is 0 Å². The third-order valence-electron chi connectivity index (χ3n) is 12.4. The van der Waals surface area contributed by atoms with Gasteiger partial charge in [0.1, 0.15) is 0 Å². The molecule has 2 aromatic carbocycles. The van der Waals surface area contributed by atoms with E-state index in [-0.39, 0.29) is 0 Å². The molecule has 5 aliphatic carbocycles. The molecular weight excluding hydrogens is 504 g/mol. The lowest BCUT2D eigenvalue weighted by Crippen LogP contribution is -2.40. The van der Waals surface area contributed by atoms with Gasteiger partial charge >= 0.3 is 0 Å². The molecule has 0 bridgehead atoms. The molecule has 42 heavy (non-hydrogen) atoms. The van der Waals surface area contributed by atoms with Crippen LogP contribution < -0.4 is 0 Å². The molecule has 7 rings (SSSR count). The van der Waals surface area contributed by atoms with Crippen LogP contribution in [0.2, 0.25) is 0 Å². The van der Waals surface area contributed by atoms with Crippen molar-refractivity contribution in [3.05, 3.63) is 108 Å². The first-order valence-corrected chi connectivity index (χ1v) is 17.7. The zero-order chi connectivity index (χ0) is 28.5. The standard InChI is InChI=1S/C42H52/c1-3-15-31-27-39-33(29-17-7-5-8-18-29)23-13-25-37(39)41(31)35-21-11-12-22-36(35)42-32(16-4-2)28-40-34(24-14-26-38(40)42)30-19-9-6-10-20-30/h5-10,13-14,17-20,23-26,31-32,35-42H,3-4,11-12,15-16,21-22,27-28H2,1-2H3. The van der Waals surface area contributed by atoms with Gasteiger partial charge in [-0.15, -0.1) is 0 Å². The van der Waals surface area contributed by atoms with Gasteiger partial charge in [-0.3, -0.25) is 0 Å². The van der Waals surface area contributed by atoms with Crippen LogP contribution in [-0.4, -0.2) is 0 Å². The fourth-order valence-electron chi connectivity index (χ4n) is 11.1. The summed E-state index contributed by atoms with van der Waals surface area (Å²) >= 11 is 0. The summed E-state index contributed by atoms with van der Waals surface area (Å²) in [4.78, 5) is 0. The molecule has 0 aliphatic heterocycles. The van der Waals surface area contributed by atoms with E-state index in [1.807, 2.05) is 0 Å². The molecule has 0 amide bonds. The summed E-state index contributed by atoms with van der Waals surface area (Å²) < 4.78 is 0. The molecule has 0 saturated heterocycles. The summed E-state index contributed by atoms with van der Waals surface area (Å²) in [6, 6.07) is 22.7. The van der Waals surface area contributed by atoms with Gasteiger partial charge in [0.15, 0.2) is 0 Å². The SMILES string of the molecule is CCCC1CC2C(c3ccccc3)=CC=CC2C1C1CCCCC1C1C(CCC)CC2C(c3ccccc3)=CC=CC21. The Kier molecular flexibility index (Phi) is 8.43. The molecule has 0 N–H and O–H groups in total. The minimum absolute atomic E-state index is 0.700. The highest BCUT2D eigenvalue weighted by atomic mass is 14.6. The number of fused-ring (bicyclic) bond motifs is 2. The predicted molar refractivity (Wildman–Crippen MR) is 180 cm³/mol. The normalized spacial score (nSPS) is 37.2. The van der Waals surface area contributed by atoms with Crippen molar-refractivity contribution in [2.24, 2.45) is 59.2 Å². The Labute approximate surface area is 256 Å². The maximum absolute atomic E-state index is 2.67. The maximum atomic E-state index is 2.67. The van der Waals surface area contributed by atoms with E-state index >= 15 is 0 Å². The van der Waals surface area contributed by atoms with Crippen molar-refractivity contribution in [3.8, 4) is 0 Å². The number of hydrogen-bond acceptors (Lipinski definition) is 0. The van der Waals surface area contributed by atoms with Crippen LogP contribution in [0.1, 0.15) is 89.2 Å². The largest absolute Gasteiger partial charge is 0.0805 e. The Hall–Kier alpha value is -2.60. The molecule has 0 heterocycles. The lowest BCUT2D eigenvalue weighted by Gasteiger charge is -2.46. The molecule has 0 nitrogen and oxygen atoms in total. The molecule has 0 aromatic heterocycles. The Balaban J connectivity index is 1.22. The Morgan fingerprint density at radius 2 is 1.00 bits per heavy atom. The van der Waals surface area contributed by atoms with Crippen LogP contribution in [0, 0.1) is 59.2 Å². The third kappa shape index (κ3) is 5.12. The molecule has 10 atom stereocenters. The fraction of sp³-hybridized carbons (Fsp3) is 0.524. The Morgan fingerprint density at radius 1 is 0.571 bits per heavy atom. The van der Waals surface area contributed by atoms with Crippen LogP contribution in [0.25, 0.3) is 11.1 Å². The molecule has 0 radical (unpaired) electrons. The number of benzene rings is 2. The van der Waals surface area contributed by atoms with Gasteiger partial charge in [0.25, 0.3) is 0 Å². The molecule has 3 fully saturated rings. The van der Waals surface area contributed by atoms with Crippen LogP contribution in [0.15, 0.2) is 97.1 Å². The summed E-state index contributed by atoms with van der Waals surface area (Å²) in [5, 5.41) is 0. The average molecular weight is 557 g/mol. The molecular formula is C42H52. The van der Waals surface area contributed by atoms with Crippen LogP contribution in [0.3, 0.4) is 0 Å². The molecule has 3 saturated carbocycles. The number of hydrogen-bond donors (Lipinski definition) is 0. The smallest absolute Gasteiger partial charge is 0.00874 e. The molecule has 2 aromatic rings. The molecule has 10 unspecified atom stereocenters. The van der Waals surface area contributed by atoms with Gasteiger partial charge in [-0.05, 0) is 107 Å². The zero-order valence-corrected chi connectivity index (χ0v) is 26.1. The van der Waals surface area contributed by atoms with Crippen molar-refractivity contribution >= 4 is 11.1 Å². The lowest BCUT2D eigenvalue weighted by atomic mass is 9.58. The third-order valence-corrected chi connectivity index (χ3v) is 12.4. The van der Waals surface area contributed by atoms with E-state index < -0.39 is 0 Å². The van der Waals surface area contributed by atoms with Crippen molar-refractivity contribution < 1.29 is 0 Å². The minimum Gasteiger partial charge on any atom is -0.0805 e. The highest BCUT2D eigenvalue weighted by Gasteiger charge is 2.54. The number of rotatable bonds is 8. The van der Waals surface area contributed by atoms with Gasteiger partial charge in [-0.2, -0.15) is 0 Å². The lowest BCUT2D eigenvalue weighted by molar-refractivity contribution is 0.0411. The van der Waals surface area contributed by atoms with Gasteiger partial charge in [-0.25, -0.2) is 0 Å². The topological polar surface area (TPSA) is 0 Å². The Bertz CT molecular complexity index is 1200. The van der Waals surface area contributed by atoms with Crippen molar-refractivity contribution in [1.29, 1.82) is 0 Å².